The highest BCUT2D eigenvalue weighted by Crippen LogP contribution is 2.26. The Kier molecular flexibility index (Phi) is 6.31. The molecule has 7 heteroatoms. The summed E-state index contributed by atoms with van der Waals surface area (Å²) in [6.07, 6.45) is 1.28. The molecule has 1 aromatic heterocycles. The van der Waals surface area contributed by atoms with Crippen LogP contribution >= 0.6 is 0 Å². The van der Waals surface area contributed by atoms with Gasteiger partial charge in [-0.25, -0.2) is 0 Å². The number of anilines is 1. The maximum Gasteiger partial charge on any atom is 0.262 e. The van der Waals surface area contributed by atoms with E-state index in [1.165, 1.54) is 13.4 Å². The van der Waals surface area contributed by atoms with Gasteiger partial charge in [-0.15, -0.1) is 0 Å². The Bertz CT molecular complexity index is 1350. The highest BCUT2D eigenvalue weighted by Gasteiger charge is 2.12. The Morgan fingerprint density at radius 1 is 0.939 bits per heavy atom. The van der Waals surface area contributed by atoms with Crippen molar-refractivity contribution in [3.63, 3.8) is 0 Å². The maximum absolute atomic E-state index is 12.8. The molecule has 1 N–H and O–H groups in total. The molecule has 3 aromatic carbocycles. The molecule has 0 aliphatic carbocycles. The summed E-state index contributed by atoms with van der Waals surface area (Å²) in [6, 6.07) is 17.6. The van der Waals surface area contributed by atoms with Gasteiger partial charge in [-0.3, -0.25) is 9.59 Å². The van der Waals surface area contributed by atoms with Gasteiger partial charge in [0, 0.05) is 6.07 Å². The average Bonchev–Trinajstić information content (AvgIpc) is 2.79. The number of aryl methyl sites for hydroxylation is 2. The summed E-state index contributed by atoms with van der Waals surface area (Å²) in [4.78, 5) is 25.1. The number of amides is 1. The molecule has 33 heavy (non-hydrogen) atoms. The second kappa shape index (κ2) is 9.48. The number of methoxy groups -OCH3 is 1. The van der Waals surface area contributed by atoms with Crippen LogP contribution in [0.5, 0.6) is 23.0 Å². The van der Waals surface area contributed by atoms with E-state index in [-0.39, 0.29) is 23.7 Å². The van der Waals surface area contributed by atoms with Crippen molar-refractivity contribution in [2.75, 3.05) is 19.0 Å². The Morgan fingerprint density at radius 2 is 1.70 bits per heavy atom. The summed E-state index contributed by atoms with van der Waals surface area (Å²) in [7, 11) is 1.53. The first-order valence-corrected chi connectivity index (χ1v) is 10.3. The van der Waals surface area contributed by atoms with E-state index in [9.17, 15) is 9.59 Å². The number of hydrogen-bond donors (Lipinski definition) is 1. The van der Waals surface area contributed by atoms with Crippen molar-refractivity contribution in [2.45, 2.75) is 13.8 Å². The smallest absolute Gasteiger partial charge is 0.262 e. The molecule has 0 bridgehead atoms. The largest absolute Gasteiger partial charge is 0.495 e. The van der Waals surface area contributed by atoms with Gasteiger partial charge in [0.15, 0.2) is 6.61 Å². The number of fused-ring (bicyclic) bond motifs is 1. The van der Waals surface area contributed by atoms with Crippen molar-refractivity contribution < 1.29 is 23.4 Å². The number of benzene rings is 3. The number of nitrogens with one attached hydrogen (secondary N) is 1. The predicted octanol–water partition coefficient (Wildman–Crippen LogP) is 5.23. The maximum atomic E-state index is 12.8. The quantitative estimate of drug-likeness (QED) is 0.419. The topological polar surface area (TPSA) is 87.0 Å². The predicted molar refractivity (Wildman–Crippen MR) is 126 cm³/mol. The van der Waals surface area contributed by atoms with Crippen LogP contribution < -0.4 is 25.0 Å². The van der Waals surface area contributed by atoms with E-state index in [4.69, 9.17) is 18.6 Å². The third-order valence-electron chi connectivity index (χ3n) is 4.89. The monoisotopic (exact) mass is 445 g/mol. The molecule has 168 valence electrons. The Morgan fingerprint density at radius 3 is 2.45 bits per heavy atom. The van der Waals surface area contributed by atoms with Crippen molar-refractivity contribution in [1.82, 2.24) is 0 Å². The van der Waals surface area contributed by atoms with Crippen molar-refractivity contribution >= 4 is 22.6 Å². The second-order valence-corrected chi connectivity index (χ2v) is 7.55. The van der Waals surface area contributed by atoms with Crippen molar-refractivity contribution in [3.05, 3.63) is 88.3 Å². The Balaban J connectivity index is 1.46. The van der Waals surface area contributed by atoms with Crippen LogP contribution in [0.15, 0.2) is 76.1 Å². The lowest BCUT2D eigenvalue weighted by Gasteiger charge is -2.11. The van der Waals surface area contributed by atoms with Crippen molar-refractivity contribution in [3.8, 4) is 23.0 Å². The highest BCUT2D eigenvalue weighted by atomic mass is 16.5. The van der Waals surface area contributed by atoms with Gasteiger partial charge in [0.1, 0.15) is 29.1 Å². The SMILES string of the molecule is COc1ccccc1NC(=O)COc1ccc2c(=O)c(Oc3cc(C)cc(C)c3)coc2c1. The molecule has 0 saturated heterocycles. The molecule has 0 saturated carbocycles. The van der Waals surface area contributed by atoms with Gasteiger partial charge >= 0.3 is 0 Å². The zero-order valence-corrected chi connectivity index (χ0v) is 18.5. The fourth-order valence-electron chi connectivity index (χ4n) is 3.45. The standard InChI is InChI=1S/C26H23NO6/c1-16-10-17(2)12-19(11-16)33-24-14-32-23-13-18(8-9-20(23)26(24)29)31-15-25(28)27-21-6-4-5-7-22(21)30-3/h4-14H,15H2,1-3H3,(H,27,28). The summed E-state index contributed by atoms with van der Waals surface area (Å²) >= 11 is 0. The zero-order chi connectivity index (χ0) is 23.4. The molecule has 7 nitrogen and oxygen atoms in total. The van der Waals surface area contributed by atoms with Crippen LogP contribution in [0, 0.1) is 13.8 Å². The van der Waals surface area contributed by atoms with E-state index >= 15 is 0 Å². The number of ether oxygens (including phenoxy) is 3. The molecule has 1 heterocycles. The van der Waals surface area contributed by atoms with E-state index in [0.717, 1.165) is 11.1 Å². The van der Waals surface area contributed by atoms with Gasteiger partial charge in [0.25, 0.3) is 5.91 Å². The van der Waals surface area contributed by atoms with Gasteiger partial charge in [-0.05, 0) is 61.4 Å². The third-order valence-corrected chi connectivity index (χ3v) is 4.89. The van der Waals surface area contributed by atoms with Gasteiger partial charge in [-0.1, -0.05) is 18.2 Å². The average molecular weight is 445 g/mol. The van der Waals surface area contributed by atoms with Gasteiger partial charge in [-0.2, -0.15) is 0 Å². The van der Waals surface area contributed by atoms with Crippen LogP contribution in [-0.4, -0.2) is 19.6 Å². The molecule has 0 radical (unpaired) electrons. The van der Waals surface area contributed by atoms with E-state index in [1.54, 1.807) is 36.4 Å². The lowest BCUT2D eigenvalue weighted by molar-refractivity contribution is -0.118. The number of carbonyl (C=O) groups is 1. The number of hydrogen-bond acceptors (Lipinski definition) is 6. The van der Waals surface area contributed by atoms with E-state index in [2.05, 4.69) is 5.32 Å². The van der Waals surface area contributed by atoms with E-state index in [1.807, 2.05) is 38.1 Å². The summed E-state index contributed by atoms with van der Waals surface area (Å²) in [5, 5.41) is 3.09. The second-order valence-electron chi connectivity index (χ2n) is 7.55. The van der Waals surface area contributed by atoms with Gasteiger partial charge in [0.05, 0.1) is 18.2 Å². The van der Waals surface area contributed by atoms with E-state index in [0.29, 0.717) is 33.9 Å². The summed E-state index contributed by atoms with van der Waals surface area (Å²) in [5.41, 5.74) is 2.65. The molecule has 0 aliphatic heterocycles. The molecule has 0 unspecified atom stereocenters. The first kappa shape index (κ1) is 22.0. The molecule has 0 spiro atoms. The molecule has 0 aliphatic rings. The summed E-state index contributed by atoms with van der Waals surface area (Å²) < 4.78 is 22.2. The normalized spacial score (nSPS) is 10.6. The molecular weight excluding hydrogens is 422 g/mol. The Labute approximate surface area is 190 Å². The molecule has 4 rings (SSSR count). The van der Waals surface area contributed by atoms with Crippen LogP contribution in [0.4, 0.5) is 5.69 Å². The van der Waals surface area contributed by atoms with Crippen molar-refractivity contribution in [1.29, 1.82) is 0 Å². The highest BCUT2D eigenvalue weighted by molar-refractivity contribution is 5.93. The van der Waals surface area contributed by atoms with Gasteiger partial charge in [0.2, 0.25) is 11.2 Å². The molecule has 0 fully saturated rings. The van der Waals surface area contributed by atoms with Crippen LogP contribution in [-0.2, 0) is 4.79 Å². The molecule has 4 aromatic rings. The lowest BCUT2D eigenvalue weighted by Crippen LogP contribution is -2.20. The summed E-state index contributed by atoms with van der Waals surface area (Å²) in [5.74, 6) is 1.26. The van der Waals surface area contributed by atoms with Crippen LogP contribution in [0.25, 0.3) is 11.0 Å². The number of rotatable bonds is 7. The van der Waals surface area contributed by atoms with Crippen LogP contribution in [0.3, 0.4) is 0 Å². The first-order chi connectivity index (χ1) is 15.9. The van der Waals surface area contributed by atoms with Crippen LogP contribution in [0.1, 0.15) is 11.1 Å². The van der Waals surface area contributed by atoms with Crippen LogP contribution in [0.2, 0.25) is 0 Å². The zero-order valence-electron chi connectivity index (χ0n) is 18.5. The Hall–Kier alpha value is -4.26. The molecular formula is C26H23NO6. The van der Waals surface area contributed by atoms with Crippen molar-refractivity contribution in [2.24, 2.45) is 0 Å². The lowest BCUT2D eigenvalue weighted by atomic mass is 10.1. The minimum absolute atomic E-state index is 0.0948. The molecule has 0 atom stereocenters. The summed E-state index contributed by atoms with van der Waals surface area (Å²) in [6.45, 7) is 3.70. The first-order valence-electron chi connectivity index (χ1n) is 10.3. The number of carbonyl (C=O) groups excluding carboxylic acids is 1. The third kappa shape index (κ3) is 5.15. The number of para-hydroxylation sites is 2. The fourth-order valence-corrected chi connectivity index (χ4v) is 3.45. The van der Waals surface area contributed by atoms with E-state index < -0.39 is 0 Å². The van der Waals surface area contributed by atoms with Gasteiger partial charge < -0.3 is 23.9 Å². The minimum Gasteiger partial charge on any atom is -0.495 e. The molecule has 1 amide bonds. The minimum atomic E-state index is -0.349. The fraction of sp³-hybridized carbons (Fsp3) is 0.154.